The van der Waals surface area contributed by atoms with Crippen molar-refractivity contribution in [3.8, 4) is 0 Å². The first-order chi connectivity index (χ1) is 7.15. The Hall–Kier alpha value is 0.210. The number of hydrogen-bond donors (Lipinski definition) is 1. The average Bonchev–Trinajstić information content (AvgIpc) is 2.50. The summed E-state index contributed by atoms with van der Waals surface area (Å²) in [6, 6.07) is 0.424. The van der Waals surface area contributed by atoms with Crippen molar-refractivity contribution in [2.45, 2.75) is 45.6 Å². The topological polar surface area (TPSA) is 29.3 Å². The maximum absolute atomic E-state index is 6.05. The van der Waals surface area contributed by atoms with Crippen LogP contribution in [-0.2, 0) is 0 Å². The number of hydrogen-bond acceptors (Lipinski definition) is 2. The van der Waals surface area contributed by atoms with Crippen molar-refractivity contribution in [3.05, 3.63) is 0 Å². The molecule has 2 rings (SSSR count). The maximum Gasteiger partial charge on any atom is 0.0206 e. The van der Waals surface area contributed by atoms with Crippen LogP contribution in [0.4, 0.5) is 0 Å². The third-order valence-corrected chi connectivity index (χ3v) is 4.40. The Kier molecular flexibility index (Phi) is 5.55. The first kappa shape index (κ1) is 14.3. The van der Waals surface area contributed by atoms with Gasteiger partial charge in [-0.3, -0.25) is 0 Å². The minimum atomic E-state index is 0. The number of rotatable bonds is 2. The van der Waals surface area contributed by atoms with Crippen LogP contribution in [0.3, 0.4) is 0 Å². The maximum atomic E-state index is 6.05. The number of nitrogens with zero attached hydrogens (tertiary/aromatic N) is 1. The quantitative estimate of drug-likeness (QED) is 0.811. The highest BCUT2D eigenvalue weighted by Crippen LogP contribution is 2.29. The summed E-state index contributed by atoms with van der Waals surface area (Å²) in [6.45, 7) is 8.35. The average molecular weight is 247 g/mol. The molecule has 16 heavy (non-hydrogen) atoms. The van der Waals surface area contributed by atoms with E-state index in [0.717, 1.165) is 18.4 Å². The van der Waals surface area contributed by atoms with Crippen LogP contribution < -0.4 is 5.73 Å². The standard InChI is InChI=1S/C13H26N2.ClH/c1-10-3-5-12(6-4-10)8-15-7-11(2)13(14)9-15;/h10-13H,3-9,14H2,1-2H3;1H. The largest absolute Gasteiger partial charge is 0.326 e. The number of likely N-dealkylation sites (tertiary alicyclic amines) is 1. The van der Waals surface area contributed by atoms with Gasteiger partial charge in [-0.25, -0.2) is 0 Å². The van der Waals surface area contributed by atoms with Gasteiger partial charge in [0.2, 0.25) is 0 Å². The van der Waals surface area contributed by atoms with Crippen LogP contribution in [0.15, 0.2) is 0 Å². The predicted molar refractivity (Wildman–Crippen MR) is 71.9 cm³/mol. The molecule has 1 heterocycles. The zero-order valence-corrected chi connectivity index (χ0v) is 11.5. The highest BCUT2D eigenvalue weighted by atomic mass is 35.5. The third-order valence-electron chi connectivity index (χ3n) is 4.40. The summed E-state index contributed by atoms with van der Waals surface area (Å²) in [5.41, 5.74) is 6.05. The van der Waals surface area contributed by atoms with Gasteiger partial charge >= 0.3 is 0 Å². The van der Waals surface area contributed by atoms with E-state index in [1.54, 1.807) is 0 Å². The first-order valence-electron chi connectivity index (χ1n) is 6.63. The molecule has 1 aliphatic carbocycles. The molecule has 0 aromatic heterocycles. The minimum Gasteiger partial charge on any atom is -0.326 e. The van der Waals surface area contributed by atoms with Crippen LogP contribution in [-0.4, -0.2) is 30.6 Å². The first-order valence-corrected chi connectivity index (χ1v) is 6.63. The van der Waals surface area contributed by atoms with Gasteiger partial charge in [0.25, 0.3) is 0 Å². The van der Waals surface area contributed by atoms with E-state index in [1.165, 1.54) is 38.8 Å². The van der Waals surface area contributed by atoms with Crippen molar-refractivity contribution in [2.24, 2.45) is 23.5 Å². The van der Waals surface area contributed by atoms with Crippen LogP contribution in [0, 0.1) is 17.8 Å². The van der Waals surface area contributed by atoms with Gasteiger partial charge in [0.05, 0.1) is 0 Å². The lowest BCUT2D eigenvalue weighted by Crippen LogP contribution is -2.32. The van der Waals surface area contributed by atoms with Crippen molar-refractivity contribution in [1.82, 2.24) is 4.90 Å². The molecule has 2 fully saturated rings. The molecule has 1 saturated carbocycles. The molecule has 0 amide bonds. The second-order valence-corrected chi connectivity index (χ2v) is 5.99. The summed E-state index contributed by atoms with van der Waals surface area (Å²) in [5.74, 6) is 2.63. The molecular weight excluding hydrogens is 220 g/mol. The van der Waals surface area contributed by atoms with Gasteiger partial charge < -0.3 is 10.6 Å². The van der Waals surface area contributed by atoms with Crippen LogP contribution >= 0.6 is 12.4 Å². The molecule has 1 saturated heterocycles. The van der Waals surface area contributed by atoms with E-state index in [4.69, 9.17) is 5.73 Å². The predicted octanol–water partition coefficient (Wildman–Crippen LogP) is 2.51. The van der Waals surface area contributed by atoms with Crippen molar-refractivity contribution in [1.29, 1.82) is 0 Å². The van der Waals surface area contributed by atoms with E-state index in [1.807, 2.05) is 0 Å². The lowest BCUT2D eigenvalue weighted by atomic mass is 9.83. The fourth-order valence-electron chi connectivity index (χ4n) is 3.12. The summed E-state index contributed by atoms with van der Waals surface area (Å²) in [6.07, 6.45) is 5.78. The highest BCUT2D eigenvalue weighted by molar-refractivity contribution is 5.85. The molecule has 2 unspecified atom stereocenters. The summed E-state index contributed by atoms with van der Waals surface area (Å²) in [5, 5.41) is 0. The van der Waals surface area contributed by atoms with Gasteiger partial charge in [0.15, 0.2) is 0 Å². The van der Waals surface area contributed by atoms with E-state index in [2.05, 4.69) is 18.7 Å². The van der Waals surface area contributed by atoms with Crippen LogP contribution in [0.2, 0.25) is 0 Å². The molecule has 0 bridgehead atoms. The van der Waals surface area contributed by atoms with Gasteiger partial charge in [-0.05, 0) is 30.6 Å². The van der Waals surface area contributed by atoms with Gasteiger partial charge in [-0.2, -0.15) is 0 Å². The summed E-state index contributed by atoms with van der Waals surface area (Å²) in [4.78, 5) is 2.59. The zero-order chi connectivity index (χ0) is 10.8. The van der Waals surface area contributed by atoms with E-state index >= 15 is 0 Å². The lowest BCUT2D eigenvalue weighted by Gasteiger charge is -2.29. The normalized spacial score (nSPS) is 40.7. The Bertz CT molecular complexity index is 192. The second-order valence-electron chi connectivity index (χ2n) is 5.99. The fourth-order valence-corrected chi connectivity index (χ4v) is 3.12. The molecular formula is C13H27ClN2. The van der Waals surface area contributed by atoms with Crippen molar-refractivity contribution < 1.29 is 0 Å². The number of halogens is 1. The summed E-state index contributed by atoms with van der Waals surface area (Å²) in [7, 11) is 0. The monoisotopic (exact) mass is 246 g/mol. The molecule has 0 spiro atoms. The molecule has 2 N–H and O–H groups in total. The van der Waals surface area contributed by atoms with Gasteiger partial charge in [-0.1, -0.05) is 26.7 Å². The molecule has 0 radical (unpaired) electrons. The zero-order valence-electron chi connectivity index (χ0n) is 10.7. The third kappa shape index (κ3) is 3.61. The molecule has 3 heteroatoms. The molecule has 96 valence electrons. The van der Waals surface area contributed by atoms with Crippen molar-refractivity contribution in [2.75, 3.05) is 19.6 Å². The Morgan fingerprint density at radius 3 is 2.19 bits per heavy atom. The molecule has 1 aliphatic heterocycles. The Labute approximate surface area is 106 Å². The van der Waals surface area contributed by atoms with E-state index in [0.29, 0.717) is 12.0 Å². The van der Waals surface area contributed by atoms with Gasteiger partial charge in [0.1, 0.15) is 0 Å². The van der Waals surface area contributed by atoms with Crippen LogP contribution in [0.25, 0.3) is 0 Å². The van der Waals surface area contributed by atoms with Crippen LogP contribution in [0.1, 0.15) is 39.5 Å². The lowest BCUT2D eigenvalue weighted by molar-refractivity contribution is 0.206. The SMILES string of the molecule is CC1CCC(CN2CC(C)C(N)C2)CC1.Cl. The van der Waals surface area contributed by atoms with Gasteiger partial charge in [-0.15, -0.1) is 12.4 Å². The molecule has 2 nitrogen and oxygen atoms in total. The Balaban J connectivity index is 0.00000128. The fraction of sp³-hybridized carbons (Fsp3) is 1.00. The molecule has 0 aromatic rings. The van der Waals surface area contributed by atoms with E-state index in [9.17, 15) is 0 Å². The second kappa shape index (κ2) is 6.23. The van der Waals surface area contributed by atoms with Crippen LogP contribution in [0.5, 0.6) is 0 Å². The van der Waals surface area contributed by atoms with Crippen molar-refractivity contribution in [3.63, 3.8) is 0 Å². The number of nitrogens with two attached hydrogens (primary N) is 1. The van der Waals surface area contributed by atoms with E-state index in [-0.39, 0.29) is 12.4 Å². The van der Waals surface area contributed by atoms with Gasteiger partial charge in [0, 0.05) is 25.7 Å². The Morgan fingerprint density at radius 1 is 1.06 bits per heavy atom. The molecule has 0 aromatic carbocycles. The molecule has 2 atom stereocenters. The van der Waals surface area contributed by atoms with Crippen molar-refractivity contribution >= 4 is 12.4 Å². The van der Waals surface area contributed by atoms with E-state index < -0.39 is 0 Å². The minimum absolute atomic E-state index is 0. The Morgan fingerprint density at radius 2 is 1.69 bits per heavy atom. The smallest absolute Gasteiger partial charge is 0.0206 e. The highest BCUT2D eigenvalue weighted by Gasteiger charge is 2.29. The summed E-state index contributed by atoms with van der Waals surface area (Å²) >= 11 is 0. The molecule has 2 aliphatic rings. The summed E-state index contributed by atoms with van der Waals surface area (Å²) < 4.78 is 0.